The van der Waals surface area contributed by atoms with E-state index in [0.717, 1.165) is 12.2 Å². The summed E-state index contributed by atoms with van der Waals surface area (Å²) in [7, 11) is 3.53. The summed E-state index contributed by atoms with van der Waals surface area (Å²) in [5.41, 5.74) is 2.34. The molecule has 0 radical (unpaired) electrons. The Labute approximate surface area is 114 Å². The van der Waals surface area contributed by atoms with Crippen molar-refractivity contribution in [2.45, 2.75) is 32.4 Å². The molecule has 0 bridgehead atoms. The summed E-state index contributed by atoms with van der Waals surface area (Å²) in [4.78, 5) is 13.0. The Hall–Kier alpha value is -1.55. The van der Waals surface area contributed by atoms with Gasteiger partial charge >= 0.3 is 0 Å². The molecular weight excluding hydrogens is 240 g/mol. The SMILES string of the molecule is CN(C)C(=O)CNCc1ccc2c(c1)CC(C)(C)O2. The molecule has 0 saturated heterocycles. The fourth-order valence-corrected chi connectivity index (χ4v) is 2.24. The van der Waals surface area contributed by atoms with Gasteiger partial charge in [0.1, 0.15) is 11.4 Å². The second-order valence-corrected chi connectivity index (χ2v) is 5.87. The average Bonchev–Trinajstić information content (AvgIpc) is 2.61. The fourth-order valence-electron chi connectivity index (χ4n) is 2.24. The summed E-state index contributed by atoms with van der Waals surface area (Å²) in [5, 5.41) is 3.16. The van der Waals surface area contributed by atoms with Crippen LogP contribution in [0.2, 0.25) is 0 Å². The standard InChI is InChI=1S/C15H22N2O2/c1-15(2)8-12-7-11(5-6-13(12)19-15)9-16-10-14(18)17(3)4/h5-7,16H,8-10H2,1-4H3. The van der Waals surface area contributed by atoms with Gasteiger partial charge in [0.25, 0.3) is 0 Å². The van der Waals surface area contributed by atoms with E-state index in [1.54, 1.807) is 19.0 Å². The number of amides is 1. The number of ether oxygens (including phenoxy) is 1. The smallest absolute Gasteiger partial charge is 0.236 e. The second-order valence-electron chi connectivity index (χ2n) is 5.87. The fraction of sp³-hybridized carbons (Fsp3) is 0.533. The molecule has 0 atom stereocenters. The van der Waals surface area contributed by atoms with Gasteiger partial charge in [0, 0.05) is 27.1 Å². The number of nitrogens with one attached hydrogen (secondary N) is 1. The molecule has 1 amide bonds. The first-order chi connectivity index (χ1) is 8.87. The van der Waals surface area contributed by atoms with Crippen molar-refractivity contribution in [3.63, 3.8) is 0 Å². The summed E-state index contributed by atoms with van der Waals surface area (Å²) in [5.74, 6) is 1.07. The van der Waals surface area contributed by atoms with Crippen molar-refractivity contribution in [1.82, 2.24) is 10.2 Å². The quantitative estimate of drug-likeness (QED) is 0.895. The summed E-state index contributed by atoms with van der Waals surface area (Å²) in [6.07, 6.45) is 0.937. The van der Waals surface area contributed by atoms with E-state index in [0.29, 0.717) is 13.1 Å². The highest BCUT2D eigenvalue weighted by atomic mass is 16.5. The van der Waals surface area contributed by atoms with Crippen LogP contribution in [0.25, 0.3) is 0 Å². The molecule has 0 aromatic heterocycles. The van der Waals surface area contributed by atoms with Crippen LogP contribution in [0.3, 0.4) is 0 Å². The number of hydrogen-bond donors (Lipinski definition) is 1. The number of carbonyl (C=O) groups excluding carboxylic acids is 1. The number of fused-ring (bicyclic) bond motifs is 1. The Morgan fingerprint density at radius 2 is 2.16 bits per heavy atom. The monoisotopic (exact) mass is 262 g/mol. The lowest BCUT2D eigenvalue weighted by Gasteiger charge is -2.16. The summed E-state index contributed by atoms with van der Waals surface area (Å²) < 4.78 is 5.84. The molecule has 1 aliphatic rings. The zero-order valence-corrected chi connectivity index (χ0v) is 12.1. The lowest BCUT2D eigenvalue weighted by Crippen LogP contribution is -2.32. The van der Waals surface area contributed by atoms with Gasteiger partial charge < -0.3 is 15.0 Å². The van der Waals surface area contributed by atoms with Crippen LogP contribution >= 0.6 is 0 Å². The van der Waals surface area contributed by atoms with Crippen LogP contribution in [0.1, 0.15) is 25.0 Å². The van der Waals surface area contributed by atoms with Crippen LogP contribution in [0.4, 0.5) is 0 Å². The second kappa shape index (κ2) is 5.21. The van der Waals surface area contributed by atoms with Crippen LogP contribution in [0.15, 0.2) is 18.2 Å². The Balaban J connectivity index is 1.92. The topological polar surface area (TPSA) is 41.6 Å². The van der Waals surface area contributed by atoms with Crippen molar-refractivity contribution in [2.75, 3.05) is 20.6 Å². The minimum atomic E-state index is -0.102. The lowest BCUT2D eigenvalue weighted by molar-refractivity contribution is -0.127. The minimum absolute atomic E-state index is 0.0885. The van der Waals surface area contributed by atoms with Crippen molar-refractivity contribution < 1.29 is 9.53 Å². The Kier molecular flexibility index (Phi) is 3.80. The van der Waals surface area contributed by atoms with Crippen LogP contribution < -0.4 is 10.1 Å². The number of benzene rings is 1. The van der Waals surface area contributed by atoms with E-state index in [2.05, 4.69) is 25.2 Å². The first kappa shape index (κ1) is 13.9. The zero-order valence-electron chi connectivity index (χ0n) is 12.1. The molecule has 1 aliphatic heterocycles. The highest BCUT2D eigenvalue weighted by Crippen LogP contribution is 2.35. The van der Waals surface area contributed by atoms with E-state index in [4.69, 9.17) is 4.74 Å². The van der Waals surface area contributed by atoms with Gasteiger partial charge in [-0.15, -0.1) is 0 Å². The molecule has 19 heavy (non-hydrogen) atoms. The highest BCUT2D eigenvalue weighted by molar-refractivity contribution is 5.77. The third-order valence-corrected chi connectivity index (χ3v) is 3.23. The Bertz CT molecular complexity index is 481. The molecule has 0 aliphatic carbocycles. The number of nitrogens with zero attached hydrogens (tertiary/aromatic N) is 1. The number of hydrogen-bond acceptors (Lipinski definition) is 3. The number of carbonyl (C=O) groups is 1. The van der Waals surface area contributed by atoms with Gasteiger partial charge in [0.05, 0.1) is 6.54 Å². The molecule has 2 rings (SSSR count). The van der Waals surface area contributed by atoms with E-state index < -0.39 is 0 Å². The molecule has 1 N–H and O–H groups in total. The van der Waals surface area contributed by atoms with Crippen molar-refractivity contribution >= 4 is 5.91 Å². The Morgan fingerprint density at radius 1 is 1.42 bits per heavy atom. The normalized spacial score (nSPS) is 15.8. The van der Waals surface area contributed by atoms with E-state index in [9.17, 15) is 4.79 Å². The molecular formula is C15H22N2O2. The predicted molar refractivity (Wildman–Crippen MR) is 75.3 cm³/mol. The summed E-state index contributed by atoms with van der Waals surface area (Å²) in [6.45, 7) is 5.26. The molecule has 0 fully saturated rings. The van der Waals surface area contributed by atoms with E-state index in [1.807, 2.05) is 12.1 Å². The molecule has 1 aromatic rings. The van der Waals surface area contributed by atoms with Crippen molar-refractivity contribution in [3.8, 4) is 5.75 Å². The third-order valence-electron chi connectivity index (χ3n) is 3.23. The number of likely N-dealkylation sites (N-methyl/N-ethyl adjacent to an activating group) is 1. The van der Waals surface area contributed by atoms with Crippen LogP contribution in [-0.2, 0) is 17.8 Å². The van der Waals surface area contributed by atoms with Gasteiger partial charge in [0.15, 0.2) is 0 Å². The molecule has 4 heteroatoms. The van der Waals surface area contributed by atoms with Crippen LogP contribution in [0.5, 0.6) is 5.75 Å². The largest absolute Gasteiger partial charge is 0.487 e. The van der Waals surface area contributed by atoms with Crippen molar-refractivity contribution in [3.05, 3.63) is 29.3 Å². The van der Waals surface area contributed by atoms with Crippen LogP contribution in [0, 0.1) is 0 Å². The van der Waals surface area contributed by atoms with Gasteiger partial charge in [-0.25, -0.2) is 0 Å². The summed E-state index contributed by atoms with van der Waals surface area (Å²) >= 11 is 0. The van der Waals surface area contributed by atoms with Crippen LogP contribution in [-0.4, -0.2) is 37.0 Å². The van der Waals surface area contributed by atoms with E-state index in [-0.39, 0.29) is 11.5 Å². The highest BCUT2D eigenvalue weighted by Gasteiger charge is 2.29. The predicted octanol–water partition coefficient (Wildman–Crippen LogP) is 1.58. The molecule has 1 heterocycles. The average molecular weight is 262 g/mol. The maximum Gasteiger partial charge on any atom is 0.236 e. The molecule has 0 saturated carbocycles. The molecule has 0 unspecified atom stereocenters. The molecule has 104 valence electrons. The molecule has 0 spiro atoms. The Morgan fingerprint density at radius 3 is 2.84 bits per heavy atom. The lowest BCUT2D eigenvalue weighted by atomic mass is 10.0. The van der Waals surface area contributed by atoms with E-state index in [1.165, 1.54) is 11.1 Å². The van der Waals surface area contributed by atoms with E-state index >= 15 is 0 Å². The summed E-state index contributed by atoms with van der Waals surface area (Å²) in [6, 6.07) is 6.24. The first-order valence-electron chi connectivity index (χ1n) is 6.59. The maximum atomic E-state index is 11.4. The third kappa shape index (κ3) is 3.47. The van der Waals surface area contributed by atoms with Gasteiger partial charge in [-0.3, -0.25) is 4.79 Å². The van der Waals surface area contributed by atoms with Gasteiger partial charge in [-0.2, -0.15) is 0 Å². The van der Waals surface area contributed by atoms with Gasteiger partial charge in [-0.05, 0) is 31.0 Å². The first-order valence-corrected chi connectivity index (χ1v) is 6.59. The molecule has 4 nitrogen and oxygen atoms in total. The maximum absolute atomic E-state index is 11.4. The van der Waals surface area contributed by atoms with Crippen molar-refractivity contribution in [1.29, 1.82) is 0 Å². The number of rotatable bonds is 4. The van der Waals surface area contributed by atoms with Gasteiger partial charge in [-0.1, -0.05) is 12.1 Å². The zero-order chi connectivity index (χ0) is 14.0. The minimum Gasteiger partial charge on any atom is -0.487 e. The molecule has 1 aromatic carbocycles. The van der Waals surface area contributed by atoms with Gasteiger partial charge in [0.2, 0.25) is 5.91 Å². The van der Waals surface area contributed by atoms with Crippen molar-refractivity contribution in [2.24, 2.45) is 0 Å².